The molecule has 6 nitrogen and oxygen atoms in total. The molecular weight excluding hydrogens is 289 g/mol. The lowest BCUT2D eigenvalue weighted by atomic mass is 10.3. The third-order valence-corrected chi connectivity index (χ3v) is 2.81. The van der Waals surface area contributed by atoms with E-state index in [0.29, 0.717) is 11.4 Å². The third-order valence-electron chi connectivity index (χ3n) is 2.57. The highest BCUT2D eigenvalue weighted by atomic mass is 35.5. The number of hydrogen-bond acceptors (Lipinski definition) is 5. The first kappa shape index (κ1) is 14.1. The normalized spacial score (nSPS) is 10.4. The molecule has 0 spiro atoms. The van der Waals surface area contributed by atoms with Crippen LogP contribution in [0.25, 0.3) is 0 Å². The molecule has 0 N–H and O–H groups in total. The quantitative estimate of drug-likeness (QED) is 0.639. The molecule has 1 heterocycles. The van der Waals surface area contributed by atoms with Crippen molar-refractivity contribution in [2.75, 3.05) is 0 Å². The molecule has 0 aliphatic heterocycles. The summed E-state index contributed by atoms with van der Waals surface area (Å²) < 4.78 is 18.7. The molecule has 0 saturated carbocycles. The van der Waals surface area contributed by atoms with Crippen molar-refractivity contribution < 1.29 is 14.1 Å². The lowest BCUT2D eigenvalue weighted by molar-refractivity contribution is -0.387. The standard InChI is InChI=1S/C12H9ClFN3O3/c1-6-7(2)16-12(11(13)15-6)20-8-3-4-10(17(18)19)9(14)5-8/h3-5H,1-2H3. The van der Waals surface area contributed by atoms with Crippen LogP contribution >= 0.6 is 11.6 Å². The second-order valence-corrected chi connectivity index (χ2v) is 4.32. The zero-order valence-corrected chi connectivity index (χ0v) is 11.3. The molecule has 0 aliphatic carbocycles. The van der Waals surface area contributed by atoms with Crippen LogP contribution in [0.1, 0.15) is 11.4 Å². The van der Waals surface area contributed by atoms with Gasteiger partial charge in [-0.3, -0.25) is 10.1 Å². The minimum absolute atomic E-state index is 0.0167. The Labute approximate surface area is 118 Å². The number of ether oxygens (including phenoxy) is 1. The maximum absolute atomic E-state index is 13.5. The zero-order valence-electron chi connectivity index (χ0n) is 10.6. The predicted octanol–water partition coefficient (Wildman–Crippen LogP) is 3.59. The van der Waals surface area contributed by atoms with Crippen molar-refractivity contribution in [1.82, 2.24) is 9.97 Å². The molecular formula is C12H9ClFN3O3. The van der Waals surface area contributed by atoms with E-state index in [4.69, 9.17) is 16.3 Å². The van der Waals surface area contributed by atoms with E-state index in [0.717, 1.165) is 12.1 Å². The second-order valence-electron chi connectivity index (χ2n) is 3.96. The van der Waals surface area contributed by atoms with Gasteiger partial charge in [-0.2, -0.15) is 4.39 Å². The molecule has 1 aromatic heterocycles. The van der Waals surface area contributed by atoms with E-state index < -0.39 is 16.4 Å². The van der Waals surface area contributed by atoms with E-state index in [-0.39, 0.29) is 16.8 Å². The first-order valence-electron chi connectivity index (χ1n) is 5.51. The Kier molecular flexibility index (Phi) is 3.80. The van der Waals surface area contributed by atoms with Gasteiger partial charge in [-0.25, -0.2) is 9.97 Å². The summed E-state index contributed by atoms with van der Waals surface area (Å²) in [6, 6.07) is 3.16. The molecule has 0 bridgehead atoms. The van der Waals surface area contributed by atoms with Crippen LogP contribution in [0, 0.1) is 29.8 Å². The maximum atomic E-state index is 13.5. The molecule has 0 saturated heterocycles. The SMILES string of the molecule is Cc1nc(Cl)c(Oc2ccc([N+](=O)[O-])c(F)c2)nc1C. The van der Waals surface area contributed by atoms with Crippen molar-refractivity contribution >= 4 is 17.3 Å². The monoisotopic (exact) mass is 297 g/mol. The summed E-state index contributed by atoms with van der Waals surface area (Å²) >= 11 is 5.87. The highest BCUT2D eigenvalue weighted by Gasteiger charge is 2.16. The van der Waals surface area contributed by atoms with Gasteiger partial charge in [0.2, 0.25) is 5.82 Å². The zero-order chi connectivity index (χ0) is 14.9. The van der Waals surface area contributed by atoms with E-state index >= 15 is 0 Å². The minimum Gasteiger partial charge on any atom is -0.436 e. The van der Waals surface area contributed by atoms with Gasteiger partial charge in [-0.15, -0.1) is 0 Å². The van der Waals surface area contributed by atoms with Gasteiger partial charge in [-0.1, -0.05) is 11.6 Å². The molecule has 0 radical (unpaired) electrons. The lowest BCUT2D eigenvalue weighted by Crippen LogP contribution is -1.98. The van der Waals surface area contributed by atoms with Crippen LogP contribution in [0.5, 0.6) is 11.6 Å². The molecule has 1 aromatic carbocycles. The van der Waals surface area contributed by atoms with Crippen molar-refractivity contribution in [2.45, 2.75) is 13.8 Å². The summed E-state index contributed by atoms with van der Waals surface area (Å²) in [6.45, 7) is 3.46. The molecule has 0 atom stereocenters. The fourth-order valence-corrected chi connectivity index (χ4v) is 1.64. The van der Waals surface area contributed by atoms with Crippen LogP contribution in [-0.2, 0) is 0 Å². The van der Waals surface area contributed by atoms with Gasteiger partial charge in [0.25, 0.3) is 5.88 Å². The Hall–Kier alpha value is -2.28. The van der Waals surface area contributed by atoms with Gasteiger partial charge in [-0.05, 0) is 19.9 Å². The van der Waals surface area contributed by atoms with Crippen LogP contribution in [0.4, 0.5) is 10.1 Å². The number of aromatic nitrogens is 2. The Balaban J connectivity index is 2.33. The molecule has 8 heteroatoms. The van der Waals surface area contributed by atoms with E-state index in [9.17, 15) is 14.5 Å². The molecule has 0 amide bonds. The molecule has 104 valence electrons. The number of rotatable bonds is 3. The first-order valence-corrected chi connectivity index (χ1v) is 5.89. The molecule has 2 aromatic rings. The van der Waals surface area contributed by atoms with Crippen LogP contribution in [0.15, 0.2) is 18.2 Å². The number of halogens is 2. The number of nitro groups is 1. The fourth-order valence-electron chi connectivity index (χ4n) is 1.43. The summed E-state index contributed by atoms with van der Waals surface area (Å²) in [4.78, 5) is 17.8. The summed E-state index contributed by atoms with van der Waals surface area (Å²) in [6.07, 6.45) is 0. The van der Waals surface area contributed by atoms with Crippen LogP contribution in [-0.4, -0.2) is 14.9 Å². The van der Waals surface area contributed by atoms with Crippen molar-refractivity contribution in [3.63, 3.8) is 0 Å². The molecule has 0 unspecified atom stereocenters. The van der Waals surface area contributed by atoms with Gasteiger partial charge in [0.05, 0.1) is 16.3 Å². The topological polar surface area (TPSA) is 78.2 Å². The van der Waals surface area contributed by atoms with Gasteiger partial charge in [0, 0.05) is 12.1 Å². The molecule has 2 rings (SSSR count). The number of hydrogen-bond donors (Lipinski definition) is 0. The van der Waals surface area contributed by atoms with Crippen LogP contribution in [0.2, 0.25) is 5.15 Å². The van der Waals surface area contributed by atoms with Crippen molar-refractivity contribution in [3.05, 3.63) is 50.7 Å². The van der Waals surface area contributed by atoms with Crippen molar-refractivity contribution in [1.29, 1.82) is 0 Å². The van der Waals surface area contributed by atoms with Crippen LogP contribution in [0.3, 0.4) is 0 Å². The molecule has 20 heavy (non-hydrogen) atoms. The largest absolute Gasteiger partial charge is 0.436 e. The second kappa shape index (κ2) is 5.38. The fraction of sp³-hybridized carbons (Fsp3) is 0.167. The first-order chi connectivity index (χ1) is 9.38. The van der Waals surface area contributed by atoms with E-state index in [1.54, 1.807) is 13.8 Å². The smallest absolute Gasteiger partial charge is 0.305 e. The number of nitrogens with zero attached hydrogens (tertiary/aromatic N) is 3. The highest BCUT2D eigenvalue weighted by Crippen LogP contribution is 2.29. The minimum atomic E-state index is -1.000. The Bertz CT molecular complexity index is 694. The van der Waals surface area contributed by atoms with Crippen LogP contribution < -0.4 is 4.74 Å². The molecule has 0 fully saturated rings. The Morgan fingerprint density at radius 3 is 2.55 bits per heavy atom. The predicted molar refractivity (Wildman–Crippen MR) is 69.6 cm³/mol. The Morgan fingerprint density at radius 2 is 1.95 bits per heavy atom. The van der Waals surface area contributed by atoms with E-state index in [1.165, 1.54) is 6.07 Å². The lowest BCUT2D eigenvalue weighted by Gasteiger charge is -2.08. The average Bonchev–Trinajstić information content (AvgIpc) is 2.35. The number of nitro benzene ring substituents is 1. The third kappa shape index (κ3) is 2.83. The van der Waals surface area contributed by atoms with Gasteiger partial charge in [0.1, 0.15) is 5.75 Å². The summed E-state index contributed by atoms with van der Waals surface area (Å²) in [7, 11) is 0. The average molecular weight is 298 g/mol. The Morgan fingerprint density at radius 1 is 1.30 bits per heavy atom. The molecule has 0 aliphatic rings. The summed E-state index contributed by atoms with van der Waals surface area (Å²) in [5, 5.41) is 10.5. The van der Waals surface area contributed by atoms with E-state index in [1.807, 2.05) is 0 Å². The van der Waals surface area contributed by atoms with Gasteiger partial charge >= 0.3 is 5.69 Å². The van der Waals surface area contributed by atoms with Crippen molar-refractivity contribution in [2.24, 2.45) is 0 Å². The highest BCUT2D eigenvalue weighted by molar-refractivity contribution is 6.30. The van der Waals surface area contributed by atoms with Gasteiger partial charge < -0.3 is 4.74 Å². The number of aryl methyl sites for hydroxylation is 2. The maximum Gasteiger partial charge on any atom is 0.305 e. The summed E-state index contributed by atoms with van der Waals surface area (Å²) in [5.74, 6) is -0.934. The number of benzene rings is 1. The van der Waals surface area contributed by atoms with E-state index in [2.05, 4.69) is 9.97 Å². The van der Waals surface area contributed by atoms with Gasteiger partial charge in [0.15, 0.2) is 5.15 Å². The summed E-state index contributed by atoms with van der Waals surface area (Å²) in [5.41, 5.74) is 0.638. The van der Waals surface area contributed by atoms with Crippen molar-refractivity contribution in [3.8, 4) is 11.6 Å².